The number of benzene rings is 1. The second-order valence-electron chi connectivity index (χ2n) is 6.32. The lowest BCUT2D eigenvalue weighted by Crippen LogP contribution is -2.07. The van der Waals surface area contributed by atoms with Crippen LogP contribution in [0, 0.1) is 0 Å². The van der Waals surface area contributed by atoms with Crippen LogP contribution in [0.1, 0.15) is 88.5 Å². The van der Waals surface area contributed by atoms with Crippen molar-refractivity contribution < 1.29 is 10.2 Å². The summed E-state index contributed by atoms with van der Waals surface area (Å²) >= 11 is 0. The first-order valence-electron chi connectivity index (χ1n) is 9.19. The van der Waals surface area contributed by atoms with Crippen molar-refractivity contribution in [3.63, 3.8) is 0 Å². The van der Waals surface area contributed by atoms with Gasteiger partial charge in [0, 0.05) is 11.1 Å². The maximum Gasteiger partial charge on any atom is 0.161 e. The first kappa shape index (κ1) is 18.9. The number of rotatable bonds is 10. The number of unbranched alkanes of at least 4 members (excludes halogenated alkanes) is 2. The van der Waals surface area contributed by atoms with Crippen LogP contribution in [0.25, 0.3) is 0 Å². The fourth-order valence-electron chi connectivity index (χ4n) is 3.29. The number of aromatic hydroxyl groups is 2. The Balaban J connectivity index is 3.45. The standard InChI is InChI=1S/C20H34O2/c1-5-9-13-16-15(11-7-3)17(12-8-4)19(21)20(22)18(16)14-10-6-2/h21-22H,5-14H2,1-4H3. The van der Waals surface area contributed by atoms with Crippen LogP contribution in [0.2, 0.25) is 0 Å². The fourth-order valence-corrected chi connectivity index (χ4v) is 3.29. The van der Waals surface area contributed by atoms with Gasteiger partial charge >= 0.3 is 0 Å². The average Bonchev–Trinajstić information content (AvgIpc) is 2.52. The van der Waals surface area contributed by atoms with E-state index in [1.54, 1.807) is 0 Å². The van der Waals surface area contributed by atoms with E-state index in [1.165, 1.54) is 11.1 Å². The molecule has 0 bridgehead atoms. The molecular formula is C20H34O2. The van der Waals surface area contributed by atoms with E-state index in [1.807, 2.05) is 0 Å². The molecule has 0 amide bonds. The molecule has 0 aliphatic carbocycles. The molecule has 0 unspecified atom stereocenters. The molecule has 2 heteroatoms. The van der Waals surface area contributed by atoms with Gasteiger partial charge in [-0.05, 0) is 49.7 Å². The minimum absolute atomic E-state index is 0.150. The van der Waals surface area contributed by atoms with E-state index in [4.69, 9.17) is 0 Å². The summed E-state index contributed by atoms with van der Waals surface area (Å²) in [6.45, 7) is 8.69. The van der Waals surface area contributed by atoms with Gasteiger partial charge in [-0.15, -0.1) is 0 Å². The van der Waals surface area contributed by atoms with Crippen molar-refractivity contribution in [2.45, 2.75) is 91.9 Å². The highest BCUT2D eigenvalue weighted by Crippen LogP contribution is 2.41. The molecule has 2 N–H and O–H groups in total. The Hall–Kier alpha value is -1.18. The fraction of sp³-hybridized carbons (Fsp3) is 0.700. The summed E-state index contributed by atoms with van der Waals surface area (Å²) in [6.07, 6.45) is 10.3. The van der Waals surface area contributed by atoms with Crippen molar-refractivity contribution in [1.82, 2.24) is 0 Å². The minimum Gasteiger partial charge on any atom is -0.504 e. The van der Waals surface area contributed by atoms with E-state index in [2.05, 4.69) is 27.7 Å². The second kappa shape index (κ2) is 9.76. The Morgan fingerprint density at radius 1 is 0.500 bits per heavy atom. The van der Waals surface area contributed by atoms with Crippen molar-refractivity contribution in [2.24, 2.45) is 0 Å². The molecule has 2 nitrogen and oxygen atoms in total. The van der Waals surface area contributed by atoms with Crippen LogP contribution >= 0.6 is 0 Å². The predicted molar refractivity (Wildman–Crippen MR) is 95.0 cm³/mol. The van der Waals surface area contributed by atoms with Gasteiger partial charge in [-0.3, -0.25) is 0 Å². The molecule has 0 heterocycles. The Bertz CT molecular complexity index is 464. The quantitative estimate of drug-likeness (QED) is 0.545. The van der Waals surface area contributed by atoms with Gasteiger partial charge in [0.25, 0.3) is 0 Å². The van der Waals surface area contributed by atoms with Crippen LogP contribution in [0.4, 0.5) is 0 Å². The SMILES string of the molecule is CCCCc1c(O)c(O)c(CCC)c(CCC)c1CCCC. The van der Waals surface area contributed by atoms with Crippen molar-refractivity contribution in [3.8, 4) is 11.5 Å². The first-order chi connectivity index (χ1) is 10.6. The Kier molecular flexibility index (Phi) is 8.37. The number of phenols is 2. The molecule has 0 fully saturated rings. The van der Waals surface area contributed by atoms with Gasteiger partial charge in [0.2, 0.25) is 0 Å². The van der Waals surface area contributed by atoms with Crippen molar-refractivity contribution in [2.75, 3.05) is 0 Å². The predicted octanol–water partition coefficient (Wildman–Crippen LogP) is 5.69. The Morgan fingerprint density at radius 3 is 1.32 bits per heavy atom. The van der Waals surface area contributed by atoms with Crippen LogP contribution in [0.15, 0.2) is 0 Å². The molecule has 1 rings (SSSR count). The summed E-state index contributed by atoms with van der Waals surface area (Å²) in [6, 6.07) is 0. The molecule has 0 aliphatic rings. The van der Waals surface area contributed by atoms with E-state index in [9.17, 15) is 10.2 Å². The second-order valence-corrected chi connectivity index (χ2v) is 6.32. The maximum atomic E-state index is 10.6. The highest BCUT2D eigenvalue weighted by atomic mass is 16.3. The zero-order chi connectivity index (χ0) is 16.5. The van der Waals surface area contributed by atoms with Crippen LogP contribution < -0.4 is 0 Å². The molecule has 0 atom stereocenters. The van der Waals surface area contributed by atoms with E-state index < -0.39 is 0 Å². The molecule has 22 heavy (non-hydrogen) atoms. The van der Waals surface area contributed by atoms with Gasteiger partial charge in [-0.1, -0.05) is 53.4 Å². The van der Waals surface area contributed by atoms with Gasteiger partial charge < -0.3 is 10.2 Å². The summed E-state index contributed by atoms with van der Waals surface area (Å²) in [4.78, 5) is 0. The first-order valence-corrected chi connectivity index (χ1v) is 9.19. The minimum atomic E-state index is 0.150. The third kappa shape index (κ3) is 4.41. The van der Waals surface area contributed by atoms with Crippen LogP contribution in [0.3, 0.4) is 0 Å². The number of hydrogen-bond donors (Lipinski definition) is 2. The molecule has 0 saturated carbocycles. The topological polar surface area (TPSA) is 40.5 Å². The highest BCUT2D eigenvalue weighted by Gasteiger charge is 2.21. The third-order valence-corrected chi connectivity index (χ3v) is 4.45. The normalized spacial score (nSPS) is 11.1. The van der Waals surface area contributed by atoms with E-state index >= 15 is 0 Å². The molecule has 0 aromatic heterocycles. The van der Waals surface area contributed by atoms with Gasteiger partial charge in [-0.25, -0.2) is 0 Å². The van der Waals surface area contributed by atoms with Gasteiger partial charge in [0.1, 0.15) is 0 Å². The smallest absolute Gasteiger partial charge is 0.161 e. The van der Waals surface area contributed by atoms with E-state index in [0.29, 0.717) is 0 Å². The van der Waals surface area contributed by atoms with E-state index in [-0.39, 0.29) is 11.5 Å². The summed E-state index contributed by atoms with van der Waals surface area (Å²) in [5.41, 5.74) is 4.65. The number of phenolic OH excluding ortho intramolecular Hbond substituents is 2. The average molecular weight is 306 g/mol. The zero-order valence-corrected chi connectivity index (χ0v) is 15.0. The van der Waals surface area contributed by atoms with Crippen LogP contribution in [0.5, 0.6) is 11.5 Å². The van der Waals surface area contributed by atoms with Crippen molar-refractivity contribution in [3.05, 3.63) is 22.3 Å². The monoisotopic (exact) mass is 306 g/mol. The molecule has 0 radical (unpaired) electrons. The highest BCUT2D eigenvalue weighted by molar-refractivity contribution is 5.59. The molecular weight excluding hydrogens is 272 g/mol. The maximum absolute atomic E-state index is 10.6. The molecule has 0 saturated heterocycles. The molecule has 0 aliphatic heterocycles. The lowest BCUT2D eigenvalue weighted by Gasteiger charge is -2.22. The van der Waals surface area contributed by atoms with Crippen molar-refractivity contribution in [1.29, 1.82) is 0 Å². The number of hydrogen-bond acceptors (Lipinski definition) is 2. The zero-order valence-electron chi connectivity index (χ0n) is 15.0. The summed E-state index contributed by atoms with van der Waals surface area (Å²) in [5, 5.41) is 21.1. The van der Waals surface area contributed by atoms with Gasteiger partial charge in [0.15, 0.2) is 11.5 Å². The lowest BCUT2D eigenvalue weighted by molar-refractivity contribution is 0.392. The molecule has 1 aromatic rings. The van der Waals surface area contributed by atoms with Crippen molar-refractivity contribution >= 4 is 0 Å². The summed E-state index contributed by atoms with van der Waals surface area (Å²) in [5.74, 6) is 0.305. The van der Waals surface area contributed by atoms with Crippen LogP contribution in [-0.4, -0.2) is 10.2 Å². The summed E-state index contributed by atoms with van der Waals surface area (Å²) < 4.78 is 0. The summed E-state index contributed by atoms with van der Waals surface area (Å²) in [7, 11) is 0. The Morgan fingerprint density at radius 2 is 0.864 bits per heavy atom. The van der Waals surface area contributed by atoms with Gasteiger partial charge in [-0.2, -0.15) is 0 Å². The molecule has 126 valence electrons. The largest absolute Gasteiger partial charge is 0.504 e. The van der Waals surface area contributed by atoms with Gasteiger partial charge in [0.05, 0.1) is 0 Å². The van der Waals surface area contributed by atoms with Crippen LogP contribution in [-0.2, 0) is 25.7 Å². The molecule has 0 spiro atoms. The molecule has 1 aromatic carbocycles. The lowest BCUT2D eigenvalue weighted by atomic mass is 9.85. The Labute approximate surface area is 136 Å². The van der Waals surface area contributed by atoms with E-state index in [0.717, 1.165) is 75.3 Å². The third-order valence-electron chi connectivity index (χ3n) is 4.45.